The van der Waals surface area contributed by atoms with Crippen LogP contribution in [-0.4, -0.2) is 33.0 Å². The molecule has 1 unspecified atom stereocenters. The minimum Gasteiger partial charge on any atom is -0.490 e. The van der Waals surface area contributed by atoms with Crippen LogP contribution >= 0.6 is 27.7 Å². The highest BCUT2D eigenvalue weighted by Gasteiger charge is 2.35. The van der Waals surface area contributed by atoms with E-state index >= 15 is 0 Å². The molecule has 0 aliphatic carbocycles. The van der Waals surface area contributed by atoms with E-state index in [-0.39, 0.29) is 5.91 Å². The minimum atomic E-state index is -0.568. The maximum absolute atomic E-state index is 14.1. The van der Waals surface area contributed by atoms with E-state index in [0.29, 0.717) is 47.1 Å². The second kappa shape index (κ2) is 13.9. The second-order valence-corrected chi connectivity index (χ2v) is 12.7. The van der Waals surface area contributed by atoms with Crippen molar-refractivity contribution < 1.29 is 14.3 Å². The normalized spacial score (nSPS) is 14.2. The SMILES string of the molecule is CCCSc1nc2n(n1)C(c1cc(Br)c(OCc3ccc(C)cc3)c(OCC)c1)C(C(=O)Nc1cccc(C)c1C)=C(C)N2. The zero-order valence-corrected chi connectivity index (χ0v) is 28.4. The van der Waals surface area contributed by atoms with Crippen molar-refractivity contribution in [2.24, 2.45) is 0 Å². The van der Waals surface area contributed by atoms with Crippen molar-refractivity contribution in [2.45, 2.75) is 65.8 Å². The lowest BCUT2D eigenvalue weighted by atomic mass is 9.94. The van der Waals surface area contributed by atoms with Gasteiger partial charge in [0, 0.05) is 17.1 Å². The number of carbonyl (C=O) groups is 1. The fraction of sp³-hybridized carbons (Fsp3) is 0.324. The standard InChI is InChI=1S/C34H38BrN5O3S/c1-7-16-44-34-38-33-36-23(6)29(32(41)37-27-11-9-10-21(4)22(27)5)30(40(33)39-34)25-17-26(35)31(28(18-25)42-8-2)43-19-24-14-12-20(3)13-15-24/h9-15,17-18,30H,7-8,16,19H2,1-6H3,(H,37,41)(H,36,38,39). The van der Waals surface area contributed by atoms with Crippen molar-refractivity contribution in [1.29, 1.82) is 0 Å². The number of benzene rings is 3. The van der Waals surface area contributed by atoms with Gasteiger partial charge in [-0.3, -0.25) is 4.79 Å². The first-order valence-electron chi connectivity index (χ1n) is 14.8. The summed E-state index contributed by atoms with van der Waals surface area (Å²) in [6.45, 7) is 12.9. The molecule has 8 nitrogen and oxygen atoms in total. The van der Waals surface area contributed by atoms with Crippen LogP contribution in [0.4, 0.5) is 11.6 Å². The number of halogens is 1. The van der Waals surface area contributed by atoms with Gasteiger partial charge in [-0.25, -0.2) is 4.68 Å². The third kappa shape index (κ3) is 6.81. The molecule has 4 aromatic rings. The Labute approximate surface area is 271 Å². The number of aromatic nitrogens is 3. The Morgan fingerprint density at radius 1 is 1.07 bits per heavy atom. The average Bonchev–Trinajstić information content (AvgIpc) is 3.40. The Kier molecular flexibility index (Phi) is 10.0. The van der Waals surface area contributed by atoms with E-state index in [2.05, 4.69) is 64.7 Å². The lowest BCUT2D eigenvalue weighted by Crippen LogP contribution is -2.31. The highest BCUT2D eigenvalue weighted by atomic mass is 79.9. The smallest absolute Gasteiger partial charge is 0.255 e. The van der Waals surface area contributed by atoms with Crippen molar-refractivity contribution in [2.75, 3.05) is 23.0 Å². The van der Waals surface area contributed by atoms with E-state index in [1.54, 1.807) is 16.4 Å². The summed E-state index contributed by atoms with van der Waals surface area (Å²) < 4.78 is 14.9. The van der Waals surface area contributed by atoms with Crippen molar-refractivity contribution in [3.8, 4) is 11.5 Å². The minimum absolute atomic E-state index is 0.216. The van der Waals surface area contributed by atoms with Gasteiger partial charge in [0.25, 0.3) is 5.91 Å². The molecule has 2 heterocycles. The van der Waals surface area contributed by atoms with Gasteiger partial charge in [-0.15, -0.1) is 5.10 Å². The molecule has 0 spiro atoms. The number of nitrogens with one attached hydrogen (secondary N) is 2. The van der Waals surface area contributed by atoms with Gasteiger partial charge in [0.1, 0.15) is 12.6 Å². The lowest BCUT2D eigenvalue weighted by Gasteiger charge is -2.29. The van der Waals surface area contributed by atoms with E-state index in [0.717, 1.165) is 44.6 Å². The van der Waals surface area contributed by atoms with Gasteiger partial charge >= 0.3 is 0 Å². The quantitative estimate of drug-likeness (QED) is 0.154. The van der Waals surface area contributed by atoms with Gasteiger partial charge in [-0.1, -0.05) is 60.6 Å². The zero-order valence-electron chi connectivity index (χ0n) is 26.0. The number of allylic oxidation sites excluding steroid dienone is 1. The summed E-state index contributed by atoms with van der Waals surface area (Å²) in [5, 5.41) is 12.0. The summed E-state index contributed by atoms with van der Waals surface area (Å²) >= 11 is 5.35. The number of carbonyl (C=O) groups excluding carboxylic acids is 1. The van der Waals surface area contributed by atoms with Crippen molar-refractivity contribution in [3.63, 3.8) is 0 Å². The van der Waals surface area contributed by atoms with Crippen LogP contribution in [0.2, 0.25) is 0 Å². The number of nitrogens with zero attached hydrogens (tertiary/aromatic N) is 3. The number of hydrogen-bond donors (Lipinski definition) is 2. The number of aryl methyl sites for hydroxylation is 2. The van der Waals surface area contributed by atoms with Gasteiger partial charge in [-0.2, -0.15) is 4.98 Å². The topological polar surface area (TPSA) is 90.3 Å². The summed E-state index contributed by atoms with van der Waals surface area (Å²) in [4.78, 5) is 18.9. The predicted molar refractivity (Wildman–Crippen MR) is 181 cm³/mol. The molecule has 1 atom stereocenters. The lowest BCUT2D eigenvalue weighted by molar-refractivity contribution is -0.113. The van der Waals surface area contributed by atoms with Crippen LogP contribution in [-0.2, 0) is 11.4 Å². The molecule has 0 fully saturated rings. The fourth-order valence-corrected chi connectivity index (χ4v) is 6.31. The molecule has 0 saturated heterocycles. The molecule has 1 aliphatic heterocycles. The number of hydrogen-bond acceptors (Lipinski definition) is 7. The first-order chi connectivity index (χ1) is 21.2. The van der Waals surface area contributed by atoms with E-state index in [4.69, 9.17) is 19.6 Å². The predicted octanol–water partition coefficient (Wildman–Crippen LogP) is 8.37. The molecular weight excluding hydrogens is 638 g/mol. The van der Waals surface area contributed by atoms with Gasteiger partial charge in [0.2, 0.25) is 11.1 Å². The molecule has 1 aromatic heterocycles. The molecule has 1 amide bonds. The monoisotopic (exact) mass is 675 g/mol. The molecule has 0 saturated carbocycles. The number of anilines is 2. The summed E-state index contributed by atoms with van der Waals surface area (Å²) in [6.07, 6.45) is 1.00. The summed E-state index contributed by atoms with van der Waals surface area (Å²) in [7, 11) is 0. The van der Waals surface area contributed by atoms with Crippen LogP contribution in [0.15, 0.2) is 75.5 Å². The molecule has 0 bridgehead atoms. The first kappa shape index (κ1) is 31.7. The molecule has 10 heteroatoms. The molecule has 1 aliphatic rings. The Bertz CT molecular complexity index is 1700. The van der Waals surface area contributed by atoms with Crippen molar-refractivity contribution in [1.82, 2.24) is 14.8 Å². The second-order valence-electron chi connectivity index (χ2n) is 10.8. The number of fused-ring (bicyclic) bond motifs is 1. The van der Waals surface area contributed by atoms with Gasteiger partial charge in [0.15, 0.2) is 11.5 Å². The van der Waals surface area contributed by atoms with Crippen LogP contribution in [0.1, 0.15) is 61.1 Å². The van der Waals surface area contributed by atoms with Crippen LogP contribution in [0.3, 0.4) is 0 Å². The Balaban J connectivity index is 1.57. The molecule has 44 heavy (non-hydrogen) atoms. The Morgan fingerprint density at radius 2 is 1.84 bits per heavy atom. The maximum atomic E-state index is 14.1. The number of amides is 1. The van der Waals surface area contributed by atoms with E-state index in [9.17, 15) is 4.79 Å². The fourth-order valence-electron chi connectivity index (χ4n) is 5.05. The van der Waals surface area contributed by atoms with E-state index < -0.39 is 6.04 Å². The zero-order chi connectivity index (χ0) is 31.4. The number of ether oxygens (including phenoxy) is 2. The van der Waals surface area contributed by atoms with Gasteiger partial charge in [0.05, 0.1) is 16.7 Å². The van der Waals surface area contributed by atoms with Crippen molar-refractivity contribution >= 4 is 45.2 Å². The van der Waals surface area contributed by atoms with Gasteiger partial charge < -0.3 is 20.1 Å². The highest BCUT2D eigenvalue weighted by molar-refractivity contribution is 9.10. The highest BCUT2D eigenvalue weighted by Crippen LogP contribution is 2.44. The molecular formula is C34H38BrN5O3S. The van der Waals surface area contributed by atoms with E-state index in [1.807, 2.05) is 58.0 Å². The van der Waals surface area contributed by atoms with Crippen molar-refractivity contribution in [3.05, 3.63) is 98.2 Å². The van der Waals surface area contributed by atoms with Gasteiger partial charge in [-0.05, 0) is 97.4 Å². The number of thioether (sulfide) groups is 1. The molecule has 3 aromatic carbocycles. The number of rotatable bonds is 11. The molecule has 0 radical (unpaired) electrons. The first-order valence-corrected chi connectivity index (χ1v) is 16.6. The third-order valence-electron chi connectivity index (χ3n) is 7.52. The average molecular weight is 677 g/mol. The molecule has 230 valence electrons. The maximum Gasteiger partial charge on any atom is 0.255 e. The van der Waals surface area contributed by atoms with Crippen LogP contribution in [0, 0.1) is 20.8 Å². The summed E-state index contributed by atoms with van der Waals surface area (Å²) in [5.74, 6) is 2.45. The Hall–Kier alpha value is -3.76. The van der Waals surface area contributed by atoms with Crippen LogP contribution in [0.25, 0.3) is 0 Å². The summed E-state index contributed by atoms with van der Waals surface area (Å²) in [6, 6.07) is 17.5. The van der Waals surface area contributed by atoms with E-state index in [1.165, 1.54) is 5.56 Å². The Morgan fingerprint density at radius 3 is 2.57 bits per heavy atom. The largest absolute Gasteiger partial charge is 0.490 e. The molecule has 2 N–H and O–H groups in total. The van der Waals surface area contributed by atoms with Crippen LogP contribution < -0.4 is 20.1 Å². The van der Waals surface area contributed by atoms with Crippen LogP contribution in [0.5, 0.6) is 11.5 Å². The molecule has 5 rings (SSSR count). The summed E-state index contributed by atoms with van der Waals surface area (Å²) in [5.41, 5.74) is 7.21. The third-order valence-corrected chi connectivity index (χ3v) is 9.15.